The highest BCUT2D eigenvalue weighted by Crippen LogP contribution is 2.02. The van der Waals surface area contributed by atoms with Crippen molar-refractivity contribution in [3.05, 3.63) is 29.6 Å². The van der Waals surface area contributed by atoms with Crippen LogP contribution < -0.4 is 5.32 Å². The molecule has 0 unspecified atom stereocenters. The van der Waals surface area contributed by atoms with Crippen LogP contribution in [-0.2, 0) is 6.54 Å². The van der Waals surface area contributed by atoms with Gasteiger partial charge in [-0.2, -0.15) is 5.26 Å². The monoisotopic (exact) mass is 175 g/mol. The number of nitrogens with one attached hydrogen (secondary N) is 1. The molecule has 0 amide bonds. The molecular formula is C10H13N3. The van der Waals surface area contributed by atoms with Crippen molar-refractivity contribution in [1.82, 2.24) is 10.3 Å². The van der Waals surface area contributed by atoms with E-state index in [1.165, 1.54) is 0 Å². The number of nitrogens with zero attached hydrogens (tertiary/aromatic N) is 2. The van der Waals surface area contributed by atoms with E-state index in [9.17, 15) is 0 Å². The predicted octanol–water partition coefficient (Wildman–Crippen LogP) is 1.45. The van der Waals surface area contributed by atoms with Crippen LogP contribution in [0, 0.1) is 11.3 Å². The van der Waals surface area contributed by atoms with Crippen LogP contribution in [-0.4, -0.2) is 11.5 Å². The lowest BCUT2D eigenvalue weighted by molar-refractivity contribution is 0.673. The van der Waals surface area contributed by atoms with Gasteiger partial charge in [-0.25, -0.2) is 4.98 Å². The van der Waals surface area contributed by atoms with E-state index >= 15 is 0 Å². The molecule has 0 spiro atoms. The van der Waals surface area contributed by atoms with E-state index in [1.807, 2.05) is 12.1 Å². The van der Waals surface area contributed by atoms with Crippen molar-refractivity contribution in [3.63, 3.8) is 0 Å². The second kappa shape index (κ2) is 5.28. The summed E-state index contributed by atoms with van der Waals surface area (Å²) < 4.78 is 0. The van der Waals surface area contributed by atoms with E-state index in [-0.39, 0.29) is 0 Å². The fourth-order valence-corrected chi connectivity index (χ4v) is 1.08. The van der Waals surface area contributed by atoms with Crippen molar-refractivity contribution < 1.29 is 0 Å². The molecule has 0 radical (unpaired) electrons. The van der Waals surface area contributed by atoms with E-state index in [2.05, 4.69) is 23.3 Å². The minimum Gasteiger partial charge on any atom is -0.313 e. The molecule has 0 aliphatic carbocycles. The number of nitriles is 1. The zero-order chi connectivity index (χ0) is 9.52. The third-order valence-corrected chi connectivity index (χ3v) is 1.74. The van der Waals surface area contributed by atoms with Gasteiger partial charge in [0.2, 0.25) is 0 Å². The highest BCUT2D eigenvalue weighted by atomic mass is 14.8. The van der Waals surface area contributed by atoms with Crippen LogP contribution in [0.3, 0.4) is 0 Å². The molecule has 3 heteroatoms. The Hall–Kier alpha value is -1.40. The molecule has 0 bridgehead atoms. The molecule has 3 nitrogen and oxygen atoms in total. The van der Waals surface area contributed by atoms with Crippen molar-refractivity contribution in [3.8, 4) is 6.07 Å². The summed E-state index contributed by atoms with van der Waals surface area (Å²) >= 11 is 0. The lowest BCUT2D eigenvalue weighted by atomic mass is 10.2. The Kier molecular flexibility index (Phi) is 3.94. The van der Waals surface area contributed by atoms with Crippen LogP contribution in [0.2, 0.25) is 0 Å². The topological polar surface area (TPSA) is 48.7 Å². The maximum atomic E-state index is 8.73. The van der Waals surface area contributed by atoms with E-state index in [1.54, 1.807) is 6.20 Å². The summed E-state index contributed by atoms with van der Waals surface area (Å²) in [6.07, 6.45) is 2.74. The molecule has 1 aromatic heterocycles. The lowest BCUT2D eigenvalue weighted by Crippen LogP contribution is -2.14. The van der Waals surface area contributed by atoms with Crippen molar-refractivity contribution in [2.24, 2.45) is 0 Å². The minimum absolute atomic E-state index is 0.520. The molecule has 0 saturated heterocycles. The number of hydrogen-bond acceptors (Lipinski definition) is 3. The SMILES string of the molecule is CCCNCc1cccnc1C#N. The maximum absolute atomic E-state index is 8.73. The Bertz CT molecular complexity index is 301. The molecule has 68 valence electrons. The van der Waals surface area contributed by atoms with Crippen LogP contribution in [0.15, 0.2) is 18.3 Å². The standard InChI is InChI=1S/C10H13N3/c1-2-5-12-8-9-4-3-6-13-10(9)7-11/h3-4,6,12H,2,5,8H2,1H3. The number of aromatic nitrogens is 1. The number of pyridine rings is 1. The van der Waals surface area contributed by atoms with Gasteiger partial charge in [0.15, 0.2) is 0 Å². The minimum atomic E-state index is 0.520. The fraction of sp³-hybridized carbons (Fsp3) is 0.400. The number of hydrogen-bond donors (Lipinski definition) is 1. The summed E-state index contributed by atoms with van der Waals surface area (Å²) in [4.78, 5) is 3.97. The van der Waals surface area contributed by atoms with Gasteiger partial charge in [-0.05, 0) is 19.0 Å². The predicted molar refractivity (Wildman–Crippen MR) is 50.9 cm³/mol. The highest BCUT2D eigenvalue weighted by molar-refractivity contribution is 5.30. The average molecular weight is 175 g/mol. The van der Waals surface area contributed by atoms with Gasteiger partial charge in [0.1, 0.15) is 11.8 Å². The van der Waals surface area contributed by atoms with Gasteiger partial charge in [-0.3, -0.25) is 0 Å². The summed E-state index contributed by atoms with van der Waals surface area (Å²) in [6.45, 7) is 3.81. The molecule has 0 aromatic carbocycles. The molecular weight excluding hydrogens is 162 g/mol. The summed E-state index contributed by atoms with van der Waals surface area (Å²) in [5, 5.41) is 12.0. The van der Waals surface area contributed by atoms with E-state index in [0.29, 0.717) is 5.69 Å². The lowest BCUT2D eigenvalue weighted by Gasteiger charge is -2.03. The first-order valence-corrected chi connectivity index (χ1v) is 4.43. The Morgan fingerprint density at radius 2 is 2.46 bits per heavy atom. The molecule has 13 heavy (non-hydrogen) atoms. The van der Waals surface area contributed by atoms with Gasteiger partial charge in [-0.1, -0.05) is 13.0 Å². The Morgan fingerprint density at radius 1 is 1.62 bits per heavy atom. The molecule has 1 rings (SSSR count). The second-order valence-electron chi connectivity index (χ2n) is 2.80. The molecule has 0 fully saturated rings. The van der Waals surface area contributed by atoms with Crippen LogP contribution in [0.5, 0.6) is 0 Å². The maximum Gasteiger partial charge on any atom is 0.144 e. The molecule has 1 heterocycles. The highest BCUT2D eigenvalue weighted by Gasteiger charge is 1.99. The summed E-state index contributed by atoms with van der Waals surface area (Å²) in [5.74, 6) is 0. The first kappa shape index (κ1) is 9.69. The van der Waals surface area contributed by atoms with Crippen LogP contribution in [0.4, 0.5) is 0 Å². The summed E-state index contributed by atoms with van der Waals surface area (Å²) in [5.41, 5.74) is 1.49. The third kappa shape index (κ3) is 2.85. The zero-order valence-corrected chi connectivity index (χ0v) is 7.75. The van der Waals surface area contributed by atoms with Crippen LogP contribution in [0.25, 0.3) is 0 Å². The van der Waals surface area contributed by atoms with E-state index < -0.39 is 0 Å². The van der Waals surface area contributed by atoms with Gasteiger partial charge in [0, 0.05) is 18.3 Å². The average Bonchev–Trinajstić information content (AvgIpc) is 2.19. The van der Waals surface area contributed by atoms with Gasteiger partial charge < -0.3 is 5.32 Å². The quantitative estimate of drug-likeness (QED) is 0.705. The van der Waals surface area contributed by atoms with Crippen molar-refractivity contribution in [2.45, 2.75) is 19.9 Å². The van der Waals surface area contributed by atoms with Gasteiger partial charge in [-0.15, -0.1) is 0 Å². The summed E-state index contributed by atoms with van der Waals surface area (Å²) in [7, 11) is 0. The normalized spacial score (nSPS) is 9.54. The van der Waals surface area contributed by atoms with Crippen molar-refractivity contribution in [2.75, 3.05) is 6.54 Å². The first-order valence-electron chi connectivity index (χ1n) is 4.43. The van der Waals surface area contributed by atoms with Crippen molar-refractivity contribution >= 4 is 0 Å². The molecule has 1 N–H and O–H groups in total. The van der Waals surface area contributed by atoms with E-state index in [4.69, 9.17) is 5.26 Å². The molecule has 0 aliphatic heterocycles. The molecule has 0 aliphatic rings. The molecule has 1 aromatic rings. The van der Waals surface area contributed by atoms with Crippen LogP contribution in [0.1, 0.15) is 24.6 Å². The largest absolute Gasteiger partial charge is 0.313 e. The zero-order valence-electron chi connectivity index (χ0n) is 7.75. The van der Waals surface area contributed by atoms with Gasteiger partial charge in [0.25, 0.3) is 0 Å². The second-order valence-corrected chi connectivity index (χ2v) is 2.80. The first-order chi connectivity index (χ1) is 6.38. The summed E-state index contributed by atoms with van der Waals surface area (Å²) in [6, 6.07) is 5.85. The third-order valence-electron chi connectivity index (χ3n) is 1.74. The fourth-order valence-electron chi connectivity index (χ4n) is 1.08. The smallest absolute Gasteiger partial charge is 0.144 e. The van der Waals surface area contributed by atoms with Gasteiger partial charge >= 0.3 is 0 Å². The number of rotatable bonds is 4. The van der Waals surface area contributed by atoms with Gasteiger partial charge in [0.05, 0.1) is 0 Å². The van der Waals surface area contributed by atoms with E-state index in [0.717, 1.165) is 25.1 Å². The van der Waals surface area contributed by atoms with Crippen LogP contribution >= 0.6 is 0 Å². The Labute approximate surface area is 78.4 Å². The Morgan fingerprint density at radius 3 is 3.15 bits per heavy atom. The molecule has 0 saturated carbocycles. The van der Waals surface area contributed by atoms with Crippen molar-refractivity contribution in [1.29, 1.82) is 5.26 Å². The molecule has 0 atom stereocenters. The Balaban J connectivity index is 2.60.